The Hall–Kier alpha value is -0.790. The van der Waals surface area contributed by atoms with E-state index in [1.54, 1.807) is 0 Å². The average molecular weight is 236 g/mol. The number of rotatable bonds is 7. The van der Waals surface area contributed by atoms with Crippen LogP contribution in [0.1, 0.15) is 89.4 Å². The Morgan fingerprint density at radius 3 is 2.24 bits per heavy atom. The molecule has 2 nitrogen and oxygen atoms in total. The lowest BCUT2D eigenvalue weighted by molar-refractivity contribution is 0.655. The van der Waals surface area contributed by atoms with Gasteiger partial charge < -0.3 is 4.98 Å². The molecule has 0 aromatic carbocycles. The number of aromatic amines is 1. The Morgan fingerprint density at radius 2 is 1.71 bits per heavy atom. The molecule has 2 heteroatoms. The average Bonchev–Trinajstić information content (AvgIpc) is 2.78. The molecule has 0 aliphatic heterocycles. The summed E-state index contributed by atoms with van der Waals surface area (Å²) in [5.74, 6) is 2.37. The van der Waals surface area contributed by atoms with Crippen molar-refractivity contribution in [2.75, 3.05) is 0 Å². The lowest BCUT2D eigenvalue weighted by Crippen LogP contribution is -2.01. The number of hydrogen-bond donors (Lipinski definition) is 1. The van der Waals surface area contributed by atoms with Gasteiger partial charge in [-0.2, -0.15) is 0 Å². The minimum absolute atomic E-state index is 0.575. The third-order valence-corrected chi connectivity index (χ3v) is 3.76. The van der Waals surface area contributed by atoms with Gasteiger partial charge in [0.2, 0.25) is 0 Å². The molecule has 0 fully saturated rings. The normalized spacial score (nSPS) is 14.9. The molecule has 1 aromatic heterocycles. The van der Waals surface area contributed by atoms with Crippen molar-refractivity contribution in [3.63, 3.8) is 0 Å². The van der Waals surface area contributed by atoms with E-state index in [0.717, 1.165) is 6.42 Å². The third-order valence-electron chi connectivity index (χ3n) is 3.76. The maximum absolute atomic E-state index is 4.83. The molecule has 0 amide bonds. The van der Waals surface area contributed by atoms with Crippen molar-refractivity contribution in [2.24, 2.45) is 0 Å². The van der Waals surface area contributed by atoms with Gasteiger partial charge in [-0.05, 0) is 31.1 Å². The second kappa shape index (κ2) is 6.83. The predicted octanol–water partition coefficient (Wildman–Crippen LogP) is 4.78. The van der Waals surface area contributed by atoms with Crippen LogP contribution in [0.3, 0.4) is 0 Å². The monoisotopic (exact) mass is 236 g/mol. The number of imidazole rings is 1. The summed E-state index contributed by atoms with van der Waals surface area (Å²) in [7, 11) is 0. The van der Waals surface area contributed by atoms with E-state index < -0.39 is 0 Å². The summed E-state index contributed by atoms with van der Waals surface area (Å²) in [5, 5.41) is 0. The van der Waals surface area contributed by atoms with E-state index in [-0.39, 0.29) is 0 Å². The zero-order valence-electron chi connectivity index (χ0n) is 12.1. The summed E-state index contributed by atoms with van der Waals surface area (Å²) in [5.41, 5.74) is 2.70. The van der Waals surface area contributed by atoms with E-state index in [1.165, 1.54) is 42.9 Å². The van der Waals surface area contributed by atoms with Crippen molar-refractivity contribution >= 4 is 0 Å². The van der Waals surface area contributed by atoms with Crippen LogP contribution in [-0.2, 0) is 6.42 Å². The van der Waals surface area contributed by atoms with Crippen LogP contribution < -0.4 is 0 Å². The van der Waals surface area contributed by atoms with Gasteiger partial charge in [-0.15, -0.1) is 0 Å². The number of hydrogen-bond acceptors (Lipinski definition) is 1. The molecule has 1 aromatic rings. The van der Waals surface area contributed by atoms with Gasteiger partial charge in [0, 0.05) is 12.1 Å². The van der Waals surface area contributed by atoms with Crippen LogP contribution in [0.25, 0.3) is 0 Å². The molecule has 2 atom stereocenters. The Kier molecular flexibility index (Phi) is 5.73. The summed E-state index contributed by atoms with van der Waals surface area (Å²) >= 11 is 0. The molecular formula is C15H28N2. The molecular weight excluding hydrogens is 208 g/mol. The molecule has 0 aliphatic rings. The smallest absolute Gasteiger partial charge is 0.106 e. The SMILES string of the molecule is CCCCc1nc(C(C)CC)c(C(C)CC)[nH]1. The van der Waals surface area contributed by atoms with Crippen molar-refractivity contribution in [1.29, 1.82) is 0 Å². The second-order valence-corrected chi connectivity index (χ2v) is 5.20. The van der Waals surface area contributed by atoms with Gasteiger partial charge >= 0.3 is 0 Å². The summed E-state index contributed by atoms with van der Waals surface area (Å²) in [6.07, 6.45) is 5.90. The Balaban J connectivity index is 2.94. The van der Waals surface area contributed by atoms with Gasteiger partial charge in [0.25, 0.3) is 0 Å². The van der Waals surface area contributed by atoms with Crippen molar-refractivity contribution in [1.82, 2.24) is 9.97 Å². The minimum atomic E-state index is 0.575. The zero-order valence-corrected chi connectivity index (χ0v) is 12.1. The molecule has 0 radical (unpaired) electrons. The number of aryl methyl sites for hydroxylation is 1. The van der Waals surface area contributed by atoms with Crippen LogP contribution in [-0.4, -0.2) is 9.97 Å². The Bertz CT molecular complexity index is 300. The number of H-pyrrole nitrogens is 1. The molecule has 0 saturated carbocycles. The molecule has 0 aliphatic carbocycles. The second-order valence-electron chi connectivity index (χ2n) is 5.20. The fourth-order valence-corrected chi connectivity index (χ4v) is 2.06. The highest BCUT2D eigenvalue weighted by Gasteiger charge is 2.18. The van der Waals surface area contributed by atoms with Gasteiger partial charge in [-0.3, -0.25) is 0 Å². The number of unbranched alkanes of at least 4 members (excludes halogenated alkanes) is 1. The summed E-state index contributed by atoms with van der Waals surface area (Å²) < 4.78 is 0. The predicted molar refractivity (Wildman–Crippen MR) is 74.6 cm³/mol. The topological polar surface area (TPSA) is 28.7 Å². The highest BCUT2D eigenvalue weighted by molar-refractivity contribution is 5.22. The molecule has 0 spiro atoms. The van der Waals surface area contributed by atoms with E-state index in [4.69, 9.17) is 4.98 Å². The lowest BCUT2D eigenvalue weighted by atomic mass is 9.96. The van der Waals surface area contributed by atoms with Crippen LogP contribution >= 0.6 is 0 Å². The van der Waals surface area contributed by atoms with E-state index in [1.807, 2.05) is 0 Å². The summed E-state index contributed by atoms with van der Waals surface area (Å²) in [6, 6.07) is 0. The van der Waals surface area contributed by atoms with E-state index >= 15 is 0 Å². The van der Waals surface area contributed by atoms with Crippen molar-refractivity contribution in [2.45, 2.75) is 78.6 Å². The van der Waals surface area contributed by atoms with Gasteiger partial charge in [0.1, 0.15) is 5.82 Å². The van der Waals surface area contributed by atoms with Crippen LogP contribution in [0.5, 0.6) is 0 Å². The fourth-order valence-electron chi connectivity index (χ4n) is 2.06. The van der Waals surface area contributed by atoms with Crippen LogP contribution in [0.4, 0.5) is 0 Å². The number of nitrogens with one attached hydrogen (secondary N) is 1. The van der Waals surface area contributed by atoms with Gasteiger partial charge in [-0.1, -0.05) is 41.0 Å². The fraction of sp³-hybridized carbons (Fsp3) is 0.800. The molecule has 0 bridgehead atoms. The molecule has 1 N–H and O–H groups in total. The molecule has 2 unspecified atom stereocenters. The zero-order chi connectivity index (χ0) is 12.8. The first-order valence-electron chi connectivity index (χ1n) is 7.22. The third kappa shape index (κ3) is 3.58. The quantitative estimate of drug-likeness (QED) is 0.725. The molecule has 1 heterocycles. The lowest BCUT2D eigenvalue weighted by Gasteiger charge is -2.12. The largest absolute Gasteiger partial charge is 0.345 e. The first-order valence-corrected chi connectivity index (χ1v) is 7.22. The standard InChI is InChI=1S/C15H28N2/c1-6-9-10-13-16-14(11(4)7-2)15(17-13)12(5)8-3/h11-12H,6-10H2,1-5H3,(H,16,17). The summed E-state index contributed by atoms with van der Waals surface area (Å²) in [4.78, 5) is 8.40. The van der Waals surface area contributed by atoms with Gasteiger partial charge in [0.15, 0.2) is 0 Å². The van der Waals surface area contributed by atoms with E-state index in [0.29, 0.717) is 11.8 Å². The maximum Gasteiger partial charge on any atom is 0.106 e. The molecule has 1 rings (SSSR count). The first-order chi connectivity index (χ1) is 8.13. The van der Waals surface area contributed by atoms with Crippen LogP contribution in [0.2, 0.25) is 0 Å². The first kappa shape index (κ1) is 14.3. The van der Waals surface area contributed by atoms with Crippen LogP contribution in [0.15, 0.2) is 0 Å². The van der Waals surface area contributed by atoms with Crippen molar-refractivity contribution in [3.05, 3.63) is 17.2 Å². The van der Waals surface area contributed by atoms with Crippen molar-refractivity contribution < 1.29 is 0 Å². The van der Waals surface area contributed by atoms with Crippen molar-refractivity contribution in [3.8, 4) is 0 Å². The molecule has 0 saturated heterocycles. The molecule has 98 valence electrons. The van der Waals surface area contributed by atoms with Gasteiger partial charge in [0.05, 0.1) is 5.69 Å². The van der Waals surface area contributed by atoms with E-state index in [2.05, 4.69) is 39.6 Å². The Morgan fingerprint density at radius 1 is 1.06 bits per heavy atom. The summed E-state index contributed by atoms with van der Waals surface area (Å²) in [6.45, 7) is 11.3. The number of aromatic nitrogens is 2. The highest BCUT2D eigenvalue weighted by Crippen LogP contribution is 2.28. The molecule has 17 heavy (non-hydrogen) atoms. The number of nitrogens with zero attached hydrogens (tertiary/aromatic N) is 1. The maximum atomic E-state index is 4.83. The minimum Gasteiger partial charge on any atom is -0.345 e. The Labute approximate surface area is 106 Å². The van der Waals surface area contributed by atoms with E-state index in [9.17, 15) is 0 Å². The van der Waals surface area contributed by atoms with Crippen LogP contribution in [0, 0.1) is 0 Å². The van der Waals surface area contributed by atoms with Gasteiger partial charge in [-0.25, -0.2) is 4.98 Å². The highest BCUT2D eigenvalue weighted by atomic mass is 14.9.